The van der Waals surface area contributed by atoms with Gasteiger partial charge in [-0.3, -0.25) is 0 Å². The predicted octanol–water partition coefficient (Wildman–Crippen LogP) is 3.85. The Morgan fingerprint density at radius 3 is 2.90 bits per heavy atom. The van der Waals surface area contributed by atoms with Crippen LogP contribution in [0.15, 0.2) is 0 Å². The highest BCUT2D eigenvalue weighted by molar-refractivity contribution is 7.99. The number of ether oxygens (including phenoxy) is 1. The van der Waals surface area contributed by atoms with Crippen LogP contribution in [0.4, 0.5) is 0 Å². The molecule has 0 bridgehead atoms. The van der Waals surface area contributed by atoms with Crippen LogP contribution in [0, 0.1) is 11.8 Å². The zero-order valence-corrected chi connectivity index (χ0v) is 13.9. The van der Waals surface area contributed by atoms with Gasteiger partial charge in [0.05, 0.1) is 5.60 Å². The summed E-state index contributed by atoms with van der Waals surface area (Å²) in [4.78, 5) is 0. The second-order valence-electron chi connectivity index (χ2n) is 7.12. The molecule has 3 heteroatoms. The van der Waals surface area contributed by atoms with Crippen LogP contribution < -0.4 is 5.32 Å². The van der Waals surface area contributed by atoms with Crippen LogP contribution in [0.1, 0.15) is 58.3 Å². The standard InChI is InChI=1S/C17H31NOS/c1-2-18-16-6-4-3-5-14(11-16)15-7-9-19-17(12-15)8-10-20-13-17/h14-16,18H,2-13H2,1H3. The number of hydrogen-bond donors (Lipinski definition) is 1. The van der Waals surface area contributed by atoms with Gasteiger partial charge in [0.15, 0.2) is 0 Å². The van der Waals surface area contributed by atoms with Crippen LogP contribution in [0.25, 0.3) is 0 Å². The molecule has 2 heterocycles. The lowest BCUT2D eigenvalue weighted by molar-refractivity contribution is -0.0905. The van der Waals surface area contributed by atoms with Crippen molar-refractivity contribution < 1.29 is 4.74 Å². The Kier molecular flexibility index (Phi) is 5.33. The molecule has 0 aromatic rings. The molecule has 2 aliphatic heterocycles. The Labute approximate surface area is 128 Å². The SMILES string of the molecule is CCNC1CCCCC(C2CCOC3(CCSC3)C2)C1. The van der Waals surface area contributed by atoms with Crippen molar-refractivity contribution >= 4 is 11.8 Å². The van der Waals surface area contributed by atoms with Gasteiger partial charge in [0, 0.05) is 18.4 Å². The molecule has 3 rings (SSSR count). The quantitative estimate of drug-likeness (QED) is 0.800. The van der Waals surface area contributed by atoms with Gasteiger partial charge in [0.25, 0.3) is 0 Å². The van der Waals surface area contributed by atoms with Crippen LogP contribution >= 0.6 is 11.8 Å². The third-order valence-electron chi connectivity index (χ3n) is 5.72. The van der Waals surface area contributed by atoms with E-state index >= 15 is 0 Å². The monoisotopic (exact) mass is 297 g/mol. The fourth-order valence-electron chi connectivity index (χ4n) is 4.63. The Morgan fingerprint density at radius 1 is 1.20 bits per heavy atom. The Hall–Kier alpha value is 0.270. The van der Waals surface area contributed by atoms with Gasteiger partial charge in [-0.15, -0.1) is 0 Å². The molecule has 1 saturated carbocycles. The zero-order valence-electron chi connectivity index (χ0n) is 13.0. The van der Waals surface area contributed by atoms with Gasteiger partial charge in [-0.2, -0.15) is 11.8 Å². The number of hydrogen-bond acceptors (Lipinski definition) is 3. The summed E-state index contributed by atoms with van der Waals surface area (Å²) in [6, 6.07) is 0.782. The highest BCUT2D eigenvalue weighted by atomic mass is 32.2. The average molecular weight is 298 g/mol. The Balaban J connectivity index is 1.61. The highest BCUT2D eigenvalue weighted by Crippen LogP contribution is 2.45. The first-order chi connectivity index (χ1) is 9.81. The summed E-state index contributed by atoms with van der Waals surface area (Å²) >= 11 is 2.10. The van der Waals surface area contributed by atoms with Crippen molar-refractivity contribution in [3.05, 3.63) is 0 Å². The normalized spacial score (nSPS) is 42.8. The predicted molar refractivity (Wildman–Crippen MR) is 87.4 cm³/mol. The van der Waals surface area contributed by atoms with E-state index in [-0.39, 0.29) is 5.60 Å². The minimum atomic E-state index is 0.271. The van der Waals surface area contributed by atoms with Crippen LogP contribution in [-0.2, 0) is 4.74 Å². The van der Waals surface area contributed by atoms with E-state index in [4.69, 9.17) is 4.74 Å². The molecule has 0 aromatic carbocycles. The fraction of sp³-hybridized carbons (Fsp3) is 1.00. The van der Waals surface area contributed by atoms with Gasteiger partial charge in [0.1, 0.15) is 0 Å². The molecule has 1 spiro atoms. The molecule has 4 unspecified atom stereocenters. The van der Waals surface area contributed by atoms with Gasteiger partial charge in [0.2, 0.25) is 0 Å². The second-order valence-corrected chi connectivity index (χ2v) is 8.23. The first kappa shape index (κ1) is 15.2. The molecular weight excluding hydrogens is 266 g/mol. The lowest BCUT2D eigenvalue weighted by atomic mass is 9.75. The summed E-state index contributed by atoms with van der Waals surface area (Å²) in [5.41, 5.74) is 0.271. The maximum Gasteiger partial charge on any atom is 0.0783 e. The van der Waals surface area contributed by atoms with Crippen molar-refractivity contribution in [2.45, 2.75) is 69.9 Å². The van der Waals surface area contributed by atoms with E-state index in [1.807, 2.05) is 0 Å². The average Bonchev–Trinajstić information content (AvgIpc) is 2.76. The molecule has 3 fully saturated rings. The van der Waals surface area contributed by atoms with Crippen LogP contribution in [-0.4, -0.2) is 36.3 Å². The topological polar surface area (TPSA) is 21.3 Å². The molecule has 4 atom stereocenters. The molecule has 2 saturated heterocycles. The molecule has 0 aromatic heterocycles. The van der Waals surface area contributed by atoms with Gasteiger partial charge in [-0.05, 0) is 56.2 Å². The Morgan fingerprint density at radius 2 is 2.10 bits per heavy atom. The first-order valence-corrected chi connectivity index (χ1v) is 9.92. The molecule has 3 aliphatic rings. The molecule has 0 radical (unpaired) electrons. The smallest absolute Gasteiger partial charge is 0.0783 e. The maximum atomic E-state index is 6.22. The molecule has 1 aliphatic carbocycles. The molecule has 2 nitrogen and oxygen atoms in total. The summed E-state index contributed by atoms with van der Waals surface area (Å²) < 4.78 is 6.22. The first-order valence-electron chi connectivity index (χ1n) is 8.76. The molecule has 116 valence electrons. The van der Waals surface area contributed by atoms with Crippen molar-refractivity contribution in [1.29, 1.82) is 0 Å². The largest absolute Gasteiger partial charge is 0.374 e. The highest BCUT2D eigenvalue weighted by Gasteiger charge is 2.42. The molecular formula is C17H31NOS. The lowest BCUT2D eigenvalue weighted by Gasteiger charge is -2.41. The minimum Gasteiger partial charge on any atom is -0.374 e. The zero-order chi connectivity index (χ0) is 13.8. The third-order valence-corrected chi connectivity index (χ3v) is 6.95. The molecule has 0 amide bonds. The van der Waals surface area contributed by atoms with Gasteiger partial charge in [-0.25, -0.2) is 0 Å². The van der Waals surface area contributed by atoms with Gasteiger partial charge >= 0.3 is 0 Å². The number of thioether (sulfide) groups is 1. The van der Waals surface area contributed by atoms with Gasteiger partial charge < -0.3 is 10.1 Å². The van der Waals surface area contributed by atoms with E-state index in [2.05, 4.69) is 24.0 Å². The number of nitrogens with one attached hydrogen (secondary N) is 1. The number of rotatable bonds is 3. The fourth-order valence-corrected chi connectivity index (χ4v) is 6.01. The third kappa shape index (κ3) is 3.53. The molecule has 1 N–H and O–H groups in total. The van der Waals surface area contributed by atoms with Gasteiger partial charge in [-0.1, -0.05) is 26.2 Å². The van der Waals surface area contributed by atoms with E-state index in [0.717, 1.165) is 31.0 Å². The van der Waals surface area contributed by atoms with Crippen LogP contribution in [0.5, 0.6) is 0 Å². The van der Waals surface area contributed by atoms with Crippen LogP contribution in [0.2, 0.25) is 0 Å². The summed E-state index contributed by atoms with van der Waals surface area (Å²) in [7, 11) is 0. The minimum absolute atomic E-state index is 0.271. The van der Waals surface area contributed by atoms with E-state index in [9.17, 15) is 0 Å². The summed E-state index contributed by atoms with van der Waals surface area (Å²) in [5.74, 6) is 4.46. The summed E-state index contributed by atoms with van der Waals surface area (Å²) in [5, 5.41) is 3.72. The van der Waals surface area contributed by atoms with E-state index < -0.39 is 0 Å². The summed E-state index contributed by atoms with van der Waals surface area (Å²) in [6.45, 7) is 4.40. The molecule has 20 heavy (non-hydrogen) atoms. The van der Waals surface area contributed by atoms with E-state index in [0.29, 0.717) is 0 Å². The van der Waals surface area contributed by atoms with Crippen LogP contribution in [0.3, 0.4) is 0 Å². The van der Waals surface area contributed by atoms with Crippen molar-refractivity contribution in [2.24, 2.45) is 11.8 Å². The summed E-state index contributed by atoms with van der Waals surface area (Å²) in [6.07, 6.45) is 11.1. The second kappa shape index (κ2) is 7.02. The lowest BCUT2D eigenvalue weighted by Crippen LogP contribution is -2.42. The van der Waals surface area contributed by atoms with Crippen molar-refractivity contribution in [3.63, 3.8) is 0 Å². The van der Waals surface area contributed by atoms with Crippen molar-refractivity contribution in [1.82, 2.24) is 5.32 Å². The van der Waals surface area contributed by atoms with E-state index in [1.165, 1.54) is 62.9 Å². The maximum absolute atomic E-state index is 6.22. The van der Waals surface area contributed by atoms with Crippen molar-refractivity contribution in [2.75, 3.05) is 24.7 Å². The van der Waals surface area contributed by atoms with Crippen molar-refractivity contribution in [3.8, 4) is 0 Å². The Bertz CT molecular complexity index is 303. The van der Waals surface area contributed by atoms with E-state index in [1.54, 1.807) is 0 Å².